The number of hydrogen-bond donors (Lipinski definition) is 2. The van der Waals surface area contributed by atoms with E-state index in [1.807, 2.05) is 6.92 Å². The lowest BCUT2D eigenvalue weighted by atomic mass is 9.95. The molecule has 0 aromatic rings. The molecule has 0 aromatic carbocycles. The van der Waals surface area contributed by atoms with Gasteiger partial charge in [-0.25, -0.2) is 8.78 Å². The summed E-state index contributed by atoms with van der Waals surface area (Å²) in [6.45, 7) is 3.18. The molecule has 3 nitrogen and oxygen atoms in total. The van der Waals surface area contributed by atoms with Crippen LogP contribution in [-0.2, 0) is 4.79 Å². The van der Waals surface area contributed by atoms with E-state index in [1.54, 1.807) is 0 Å². The predicted molar refractivity (Wildman–Crippen MR) is 42.5 cm³/mol. The number of alkyl halides is 2. The molecule has 74 valence electrons. The molecule has 2 rings (SSSR count). The molecule has 0 radical (unpaired) electrons. The quantitative estimate of drug-likeness (QED) is 0.649. The predicted octanol–water partition coefficient (Wildman–Crippen LogP) is 0.120. The van der Waals surface area contributed by atoms with Crippen LogP contribution in [0.5, 0.6) is 0 Å². The van der Waals surface area contributed by atoms with Crippen LogP contribution in [0.1, 0.15) is 13.3 Å². The molecule has 1 aliphatic heterocycles. The summed E-state index contributed by atoms with van der Waals surface area (Å²) in [4.78, 5) is 11.2. The maximum atomic E-state index is 12.5. The molecule has 1 heterocycles. The number of rotatable bonds is 2. The van der Waals surface area contributed by atoms with Gasteiger partial charge < -0.3 is 10.6 Å². The molecule has 1 amide bonds. The minimum absolute atomic E-state index is 0.289. The highest BCUT2D eigenvalue weighted by Gasteiger charge is 2.62. The van der Waals surface area contributed by atoms with Gasteiger partial charge in [-0.2, -0.15) is 0 Å². The topological polar surface area (TPSA) is 41.1 Å². The van der Waals surface area contributed by atoms with E-state index in [9.17, 15) is 13.6 Å². The van der Waals surface area contributed by atoms with Gasteiger partial charge in [0.15, 0.2) is 0 Å². The minimum atomic E-state index is -2.75. The summed E-state index contributed by atoms with van der Waals surface area (Å²) in [6.07, 6.45) is -0.289. The van der Waals surface area contributed by atoms with Crippen molar-refractivity contribution in [2.24, 2.45) is 5.92 Å². The van der Waals surface area contributed by atoms with E-state index in [2.05, 4.69) is 10.6 Å². The van der Waals surface area contributed by atoms with Gasteiger partial charge in [0.05, 0.1) is 5.54 Å². The van der Waals surface area contributed by atoms with Gasteiger partial charge in [-0.1, -0.05) is 0 Å². The van der Waals surface area contributed by atoms with Crippen LogP contribution in [-0.4, -0.2) is 30.5 Å². The standard InChI is InChI=1S/C8H12F2N2O/c1-7(3-11-4-7)12-6(13)5-2-8(5,9)10/h5,11H,2-4H2,1H3,(H,12,13)/t5-/m0/s1. The van der Waals surface area contributed by atoms with Gasteiger partial charge in [0.25, 0.3) is 5.92 Å². The van der Waals surface area contributed by atoms with E-state index in [1.165, 1.54) is 0 Å². The van der Waals surface area contributed by atoms with Gasteiger partial charge in [-0.15, -0.1) is 0 Å². The monoisotopic (exact) mass is 190 g/mol. The third-order valence-electron chi connectivity index (χ3n) is 2.60. The number of carbonyl (C=O) groups is 1. The maximum Gasteiger partial charge on any atom is 0.260 e. The van der Waals surface area contributed by atoms with Crippen molar-refractivity contribution in [3.8, 4) is 0 Å². The smallest absolute Gasteiger partial charge is 0.260 e. The number of carbonyl (C=O) groups excluding carboxylic acids is 1. The summed E-state index contributed by atoms with van der Waals surface area (Å²) < 4.78 is 24.9. The minimum Gasteiger partial charge on any atom is -0.348 e. The summed E-state index contributed by atoms with van der Waals surface area (Å²) >= 11 is 0. The Hall–Kier alpha value is -0.710. The van der Waals surface area contributed by atoms with Crippen LogP contribution in [0.15, 0.2) is 0 Å². The van der Waals surface area contributed by atoms with Crippen molar-refractivity contribution in [3.63, 3.8) is 0 Å². The first-order valence-electron chi connectivity index (χ1n) is 4.34. The summed E-state index contributed by atoms with van der Waals surface area (Å²) in [6, 6.07) is 0. The average molecular weight is 190 g/mol. The highest BCUT2D eigenvalue weighted by molar-refractivity contribution is 5.83. The van der Waals surface area contributed by atoms with Crippen LogP contribution in [0, 0.1) is 5.92 Å². The Morgan fingerprint density at radius 2 is 2.08 bits per heavy atom. The Balaban J connectivity index is 1.86. The van der Waals surface area contributed by atoms with Crippen molar-refractivity contribution in [1.29, 1.82) is 0 Å². The van der Waals surface area contributed by atoms with Crippen molar-refractivity contribution in [2.45, 2.75) is 24.8 Å². The van der Waals surface area contributed by atoms with E-state index >= 15 is 0 Å². The lowest BCUT2D eigenvalue weighted by molar-refractivity contribution is -0.126. The fourth-order valence-electron chi connectivity index (χ4n) is 1.47. The van der Waals surface area contributed by atoms with E-state index in [0.717, 1.165) is 0 Å². The average Bonchev–Trinajstić information content (AvgIpc) is 2.57. The number of amides is 1. The van der Waals surface area contributed by atoms with Gasteiger partial charge in [-0.3, -0.25) is 4.79 Å². The molecule has 2 fully saturated rings. The Morgan fingerprint density at radius 1 is 1.54 bits per heavy atom. The molecule has 2 N–H and O–H groups in total. The first-order valence-corrected chi connectivity index (χ1v) is 4.34. The molecule has 0 unspecified atom stereocenters. The number of nitrogens with one attached hydrogen (secondary N) is 2. The Labute approximate surface area is 74.9 Å². The fraction of sp³-hybridized carbons (Fsp3) is 0.875. The maximum absolute atomic E-state index is 12.5. The van der Waals surface area contributed by atoms with Crippen molar-refractivity contribution in [3.05, 3.63) is 0 Å². The van der Waals surface area contributed by atoms with Gasteiger partial charge in [-0.05, 0) is 6.92 Å². The lowest BCUT2D eigenvalue weighted by Crippen LogP contribution is -2.67. The van der Waals surface area contributed by atoms with Gasteiger partial charge in [0.1, 0.15) is 5.92 Å². The molecule has 0 aromatic heterocycles. The number of halogens is 2. The summed E-state index contributed by atoms with van der Waals surface area (Å²) in [5, 5.41) is 5.61. The second-order valence-electron chi connectivity index (χ2n) is 4.17. The van der Waals surface area contributed by atoms with Crippen molar-refractivity contribution in [1.82, 2.24) is 10.6 Å². The zero-order chi connectivity index (χ0) is 9.69. The SMILES string of the molecule is CC1(NC(=O)[C@@H]2CC2(F)F)CNC1. The van der Waals surface area contributed by atoms with Crippen LogP contribution in [0.25, 0.3) is 0 Å². The molecule has 2 aliphatic rings. The zero-order valence-corrected chi connectivity index (χ0v) is 7.36. The Morgan fingerprint density at radius 3 is 2.38 bits per heavy atom. The summed E-state index contributed by atoms with van der Waals surface area (Å²) in [5.74, 6) is -4.34. The molecule has 1 saturated heterocycles. The van der Waals surface area contributed by atoms with Gasteiger partial charge in [0.2, 0.25) is 5.91 Å². The second kappa shape index (κ2) is 2.41. The number of hydrogen-bond acceptors (Lipinski definition) is 2. The molecular formula is C8H12F2N2O. The molecule has 0 spiro atoms. The third-order valence-corrected chi connectivity index (χ3v) is 2.60. The normalized spacial score (nSPS) is 33.3. The Kier molecular flexibility index (Phi) is 1.64. The summed E-state index contributed by atoms with van der Waals surface area (Å²) in [5.41, 5.74) is -0.310. The molecule has 1 saturated carbocycles. The second-order valence-corrected chi connectivity index (χ2v) is 4.17. The van der Waals surface area contributed by atoms with Crippen molar-refractivity contribution < 1.29 is 13.6 Å². The lowest BCUT2D eigenvalue weighted by Gasteiger charge is -2.40. The molecule has 0 bridgehead atoms. The van der Waals surface area contributed by atoms with Crippen LogP contribution in [0.3, 0.4) is 0 Å². The molecule has 13 heavy (non-hydrogen) atoms. The first-order chi connectivity index (χ1) is 5.93. The Bertz CT molecular complexity index is 251. The fourth-order valence-corrected chi connectivity index (χ4v) is 1.47. The van der Waals surface area contributed by atoms with Crippen LogP contribution < -0.4 is 10.6 Å². The first kappa shape index (κ1) is 8.87. The van der Waals surface area contributed by atoms with E-state index < -0.39 is 17.7 Å². The molecular weight excluding hydrogens is 178 g/mol. The largest absolute Gasteiger partial charge is 0.348 e. The van der Waals surface area contributed by atoms with Crippen molar-refractivity contribution >= 4 is 5.91 Å². The molecule has 5 heteroatoms. The van der Waals surface area contributed by atoms with Crippen LogP contribution in [0.2, 0.25) is 0 Å². The third kappa shape index (κ3) is 1.52. The summed E-state index contributed by atoms with van der Waals surface area (Å²) in [7, 11) is 0. The molecule has 1 aliphatic carbocycles. The molecule has 1 atom stereocenters. The van der Waals surface area contributed by atoms with E-state index in [4.69, 9.17) is 0 Å². The highest BCUT2D eigenvalue weighted by atomic mass is 19.3. The van der Waals surface area contributed by atoms with Crippen LogP contribution >= 0.6 is 0 Å². The highest BCUT2D eigenvalue weighted by Crippen LogP contribution is 2.48. The van der Waals surface area contributed by atoms with E-state index in [-0.39, 0.29) is 12.0 Å². The van der Waals surface area contributed by atoms with E-state index in [0.29, 0.717) is 13.1 Å². The van der Waals surface area contributed by atoms with Crippen LogP contribution in [0.4, 0.5) is 8.78 Å². The van der Waals surface area contributed by atoms with Gasteiger partial charge >= 0.3 is 0 Å². The van der Waals surface area contributed by atoms with Crippen molar-refractivity contribution in [2.75, 3.05) is 13.1 Å². The zero-order valence-electron chi connectivity index (χ0n) is 7.36. The van der Waals surface area contributed by atoms with Gasteiger partial charge in [0, 0.05) is 19.5 Å².